The van der Waals surface area contributed by atoms with Crippen molar-refractivity contribution in [3.63, 3.8) is 0 Å². The number of sulfonamides is 1. The van der Waals surface area contributed by atoms with E-state index in [1.807, 2.05) is 6.92 Å². The normalized spacial score (nSPS) is 12.5. The summed E-state index contributed by atoms with van der Waals surface area (Å²) in [6.45, 7) is 6.16. The van der Waals surface area contributed by atoms with Crippen LogP contribution in [0, 0.1) is 0 Å². The summed E-state index contributed by atoms with van der Waals surface area (Å²) in [6, 6.07) is 4.15. The molecule has 142 valence electrons. The van der Waals surface area contributed by atoms with E-state index in [2.05, 4.69) is 4.72 Å². The molecule has 0 bridgehead atoms. The molecule has 9 heteroatoms. The number of benzene rings is 1. The van der Waals surface area contributed by atoms with E-state index >= 15 is 0 Å². The molecule has 0 aliphatic carbocycles. The Morgan fingerprint density at radius 3 is 2.40 bits per heavy atom. The smallest absolute Gasteiger partial charge is 0.241 e. The molecule has 0 aliphatic rings. The van der Waals surface area contributed by atoms with Gasteiger partial charge < -0.3 is 20.1 Å². The summed E-state index contributed by atoms with van der Waals surface area (Å²) in [6.07, 6.45) is 0. The van der Waals surface area contributed by atoms with Crippen molar-refractivity contribution < 1.29 is 22.7 Å². The summed E-state index contributed by atoms with van der Waals surface area (Å²) in [7, 11) is -2.28. The zero-order chi connectivity index (χ0) is 19.0. The first-order valence-corrected chi connectivity index (χ1v) is 9.60. The highest BCUT2D eigenvalue weighted by Crippen LogP contribution is 2.30. The maximum absolute atomic E-state index is 12.4. The third kappa shape index (κ3) is 5.87. The predicted octanol–water partition coefficient (Wildman–Crippen LogP) is 0.568. The lowest BCUT2D eigenvalue weighted by molar-refractivity contribution is -0.130. The molecule has 0 saturated carbocycles. The molecular weight excluding hydrogens is 346 g/mol. The van der Waals surface area contributed by atoms with Gasteiger partial charge in [-0.25, -0.2) is 13.1 Å². The molecule has 0 spiro atoms. The summed E-state index contributed by atoms with van der Waals surface area (Å²) in [5, 5.41) is 0. The molecule has 1 atom stereocenters. The third-order valence-corrected chi connectivity index (χ3v) is 5.03. The summed E-state index contributed by atoms with van der Waals surface area (Å²) >= 11 is 0. The van der Waals surface area contributed by atoms with E-state index in [4.69, 9.17) is 15.2 Å². The minimum Gasteiger partial charge on any atom is -0.490 e. The van der Waals surface area contributed by atoms with E-state index in [0.29, 0.717) is 31.3 Å². The molecule has 0 saturated heterocycles. The van der Waals surface area contributed by atoms with Crippen LogP contribution in [0.25, 0.3) is 0 Å². The maximum atomic E-state index is 12.4. The number of hydrogen-bond donors (Lipinski definition) is 2. The van der Waals surface area contributed by atoms with Crippen molar-refractivity contribution in [2.24, 2.45) is 5.73 Å². The molecule has 3 N–H and O–H groups in total. The van der Waals surface area contributed by atoms with Crippen LogP contribution in [0.15, 0.2) is 23.1 Å². The number of rotatable bonds is 10. The first kappa shape index (κ1) is 21.2. The van der Waals surface area contributed by atoms with Crippen LogP contribution >= 0.6 is 0 Å². The standard InChI is InChI=1S/C16H27N3O5S/c1-5-23-14-8-7-13(9-15(14)24-6-2)25(21,22)18-11-16(20)19(4)12(3)10-17/h7-9,12,18H,5-6,10-11,17H2,1-4H3. The molecule has 0 heterocycles. The van der Waals surface area contributed by atoms with Gasteiger partial charge in [0.1, 0.15) is 0 Å². The average molecular weight is 373 g/mol. The van der Waals surface area contributed by atoms with Crippen LogP contribution in [0.2, 0.25) is 0 Å². The number of carbonyl (C=O) groups excluding carboxylic acids is 1. The van der Waals surface area contributed by atoms with Gasteiger partial charge in [0.05, 0.1) is 24.7 Å². The van der Waals surface area contributed by atoms with E-state index in [-0.39, 0.29) is 23.4 Å². The summed E-state index contributed by atoms with van der Waals surface area (Å²) in [5.41, 5.74) is 5.51. The Labute approximate surface area is 149 Å². The maximum Gasteiger partial charge on any atom is 0.241 e. The van der Waals surface area contributed by atoms with Gasteiger partial charge in [0.15, 0.2) is 11.5 Å². The van der Waals surface area contributed by atoms with Crippen molar-refractivity contribution in [3.8, 4) is 11.5 Å². The molecule has 8 nitrogen and oxygen atoms in total. The molecular formula is C16H27N3O5S. The predicted molar refractivity (Wildman–Crippen MR) is 95.3 cm³/mol. The molecule has 1 aromatic rings. The molecule has 1 amide bonds. The second-order valence-electron chi connectivity index (χ2n) is 5.39. The second kappa shape index (κ2) is 9.59. The van der Waals surface area contributed by atoms with Crippen molar-refractivity contribution in [2.75, 3.05) is 33.4 Å². The number of carbonyl (C=O) groups is 1. The summed E-state index contributed by atoms with van der Waals surface area (Å²) in [4.78, 5) is 13.4. The first-order chi connectivity index (χ1) is 11.8. The van der Waals surface area contributed by atoms with E-state index in [1.54, 1.807) is 20.9 Å². The fraction of sp³-hybridized carbons (Fsp3) is 0.562. The number of hydrogen-bond acceptors (Lipinski definition) is 6. The zero-order valence-electron chi connectivity index (χ0n) is 15.1. The van der Waals surface area contributed by atoms with Gasteiger partial charge in [0, 0.05) is 25.7 Å². The Hall–Kier alpha value is -1.84. The molecule has 0 aromatic heterocycles. The van der Waals surface area contributed by atoms with Gasteiger partial charge in [0.25, 0.3) is 0 Å². The topological polar surface area (TPSA) is 111 Å². The van der Waals surface area contributed by atoms with Gasteiger partial charge in [-0.05, 0) is 32.9 Å². The van der Waals surface area contributed by atoms with Crippen molar-refractivity contribution in [2.45, 2.75) is 31.7 Å². The third-order valence-electron chi connectivity index (χ3n) is 3.63. The highest BCUT2D eigenvalue weighted by molar-refractivity contribution is 7.89. The lowest BCUT2D eigenvalue weighted by Crippen LogP contribution is -2.44. The quantitative estimate of drug-likeness (QED) is 0.620. The number of amides is 1. The molecule has 25 heavy (non-hydrogen) atoms. The van der Waals surface area contributed by atoms with Crippen molar-refractivity contribution in [3.05, 3.63) is 18.2 Å². The van der Waals surface area contributed by atoms with Crippen molar-refractivity contribution >= 4 is 15.9 Å². The number of nitrogens with two attached hydrogens (primary N) is 1. The van der Waals surface area contributed by atoms with Crippen molar-refractivity contribution in [1.29, 1.82) is 0 Å². The van der Waals surface area contributed by atoms with Crippen LogP contribution in [0.5, 0.6) is 11.5 Å². The summed E-state index contributed by atoms with van der Waals surface area (Å²) < 4.78 is 38.0. The van der Waals surface area contributed by atoms with Crippen molar-refractivity contribution in [1.82, 2.24) is 9.62 Å². The van der Waals surface area contributed by atoms with Crippen LogP contribution in [0.4, 0.5) is 0 Å². The number of nitrogens with zero attached hydrogens (tertiary/aromatic N) is 1. The van der Waals surface area contributed by atoms with Gasteiger partial charge in [0.2, 0.25) is 15.9 Å². The van der Waals surface area contributed by atoms with Crippen LogP contribution in [0.1, 0.15) is 20.8 Å². The monoisotopic (exact) mass is 373 g/mol. The Morgan fingerprint density at radius 1 is 1.24 bits per heavy atom. The first-order valence-electron chi connectivity index (χ1n) is 8.11. The second-order valence-corrected chi connectivity index (χ2v) is 7.16. The van der Waals surface area contributed by atoms with Gasteiger partial charge >= 0.3 is 0 Å². The minimum atomic E-state index is -3.86. The van der Waals surface area contributed by atoms with Gasteiger partial charge in [-0.3, -0.25) is 4.79 Å². The van der Waals surface area contributed by atoms with Crippen LogP contribution in [-0.4, -0.2) is 58.6 Å². The molecule has 0 fully saturated rings. The molecule has 1 aromatic carbocycles. The van der Waals surface area contributed by atoms with E-state index in [1.165, 1.54) is 23.1 Å². The lowest BCUT2D eigenvalue weighted by atomic mass is 10.3. The Morgan fingerprint density at radius 2 is 1.84 bits per heavy atom. The number of likely N-dealkylation sites (N-methyl/N-ethyl adjacent to an activating group) is 1. The molecule has 1 unspecified atom stereocenters. The summed E-state index contributed by atoms with van der Waals surface area (Å²) in [5.74, 6) is 0.445. The van der Waals surface area contributed by atoms with E-state index in [9.17, 15) is 13.2 Å². The largest absolute Gasteiger partial charge is 0.490 e. The van der Waals surface area contributed by atoms with Crippen LogP contribution < -0.4 is 19.9 Å². The van der Waals surface area contributed by atoms with Gasteiger partial charge in [-0.1, -0.05) is 0 Å². The number of ether oxygens (including phenoxy) is 2. The minimum absolute atomic E-state index is 0.00160. The Balaban J connectivity index is 2.91. The average Bonchev–Trinajstić information content (AvgIpc) is 2.60. The molecule has 0 radical (unpaired) electrons. The highest BCUT2D eigenvalue weighted by Gasteiger charge is 2.21. The van der Waals surface area contributed by atoms with E-state index < -0.39 is 10.0 Å². The van der Waals surface area contributed by atoms with Gasteiger partial charge in [-0.15, -0.1) is 0 Å². The number of nitrogens with one attached hydrogen (secondary N) is 1. The molecule has 0 aliphatic heterocycles. The zero-order valence-corrected chi connectivity index (χ0v) is 15.9. The van der Waals surface area contributed by atoms with E-state index in [0.717, 1.165) is 0 Å². The molecule has 1 rings (SSSR count). The lowest BCUT2D eigenvalue weighted by Gasteiger charge is -2.23. The Kier molecular flexibility index (Phi) is 8.14. The Bertz CT molecular complexity index is 678. The fourth-order valence-electron chi connectivity index (χ4n) is 1.97. The highest BCUT2D eigenvalue weighted by atomic mass is 32.2. The van der Waals surface area contributed by atoms with Gasteiger partial charge in [-0.2, -0.15) is 0 Å². The SMILES string of the molecule is CCOc1ccc(S(=O)(=O)NCC(=O)N(C)C(C)CN)cc1OCC. The van der Waals surface area contributed by atoms with Crippen LogP contribution in [-0.2, 0) is 14.8 Å². The fourth-order valence-corrected chi connectivity index (χ4v) is 2.96. The van der Waals surface area contributed by atoms with Crippen LogP contribution in [0.3, 0.4) is 0 Å².